The first-order chi connectivity index (χ1) is 7.25. The molecule has 0 amide bonds. The minimum atomic E-state index is -0.334. The third-order valence-corrected chi connectivity index (χ3v) is 2.05. The second-order valence-corrected chi connectivity index (χ2v) is 3.21. The molecule has 0 atom stereocenters. The Labute approximate surface area is 86.3 Å². The number of ketones is 1. The van der Waals surface area contributed by atoms with Gasteiger partial charge in [0.15, 0.2) is 5.76 Å². The molecule has 1 aromatic carbocycles. The lowest BCUT2D eigenvalue weighted by Crippen LogP contribution is -2.02. The first-order valence-corrected chi connectivity index (χ1v) is 4.57. The predicted octanol–water partition coefficient (Wildman–Crippen LogP) is 2.84. The molecule has 0 saturated carbocycles. The standard InChI is InChI=1S/C12H9FO2/c13-10-4-1-3-9(7-10)8-11(14)12-5-2-6-15-12/h1-7H,8H2. The van der Waals surface area contributed by atoms with Gasteiger partial charge in [0, 0.05) is 6.42 Å². The van der Waals surface area contributed by atoms with Crippen molar-refractivity contribution < 1.29 is 13.6 Å². The van der Waals surface area contributed by atoms with E-state index in [0.717, 1.165) is 0 Å². The number of Topliss-reactive ketones (excluding diaryl/α,β-unsaturated/α-hetero) is 1. The largest absolute Gasteiger partial charge is 0.461 e. The van der Waals surface area contributed by atoms with Gasteiger partial charge in [-0.05, 0) is 29.8 Å². The van der Waals surface area contributed by atoms with Crippen molar-refractivity contribution in [3.05, 3.63) is 59.8 Å². The van der Waals surface area contributed by atoms with Crippen molar-refractivity contribution in [2.24, 2.45) is 0 Å². The van der Waals surface area contributed by atoms with Crippen LogP contribution < -0.4 is 0 Å². The lowest BCUT2D eigenvalue weighted by atomic mass is 10.1. The minimum absolute atomic E-state index is 0.148. The molecule has 0 N–H and O–H groups in total. The summed E-state index contributed by atoms with van der Waals surface area (Å²) in [6, 6.07) is 9.24. The number of carbonyl (C=O) groups excluding carboxylic acids is 1. The number of hydrogen-bond donors (Lipinski definition) is 0. The second kappa shape index (κ2) is 4.09. The van der Waals surface area contributed by atoms with Crippen LogP contribution in [0.25, 0.3) is 0 Å². The van der Waals surface area contributed by atoms with Gasteiger partial charge in [0.1, 0.15) is 5.82 Å². The van der Waals surface area contributed by atoms with Gasteiger partial charge in [-0.3, -0.25) is 4.79 Å². The Morgan fingerprint density at radius 2 is 2.13 bits per heavy atom. The maximum atomic E-state index is 12.8. The number of benzene rings is 1. The van der Waals surface area contributed by atoms with E-state index in [4.69, 9.17) is 4.42 Å². The zero-order chi connectivity index (χ0) is 10.7. The molecule has 76 valence electrons. The van der Waals surface area contributed by atoms with E-state index in [9.17, 15) is 9.18 Å². The molecule has 2 rings (SSSR count). The van der Waals surface area contributed by atoms with Crippen LogP contribution in [0.1, 0.15) is 16.1 Å². The third-order valence-electron chi connectivity index (χ3n) is 2.05. The maximum Gasteiger partial charge on any atom is 0.202 e. The molecule has 3 heteroatoms. The third kappa shape index (κ3) is 2.31. The number of carbonyl (C=O) groups is 1. The molecule has 0 saturated heterocycles. The van der Waals surface area contributed by atoms with E-state index in [1.54, 1.807) is 24.3 Å². The smallest absolute Gasteiger partial charge is 0.202 e. The van der Waals surface area contributed by atoms with Crippen LogP contribution in [0.15, 0.2) is 47.1 Å². The highest BCUT2D eigenvalue weighted by Crippen LogP contribution is 2.09. The molecule has 1 aromatic heterocycles. The number of rotatable bonds is 3. The van der Waals surface area contributed by atoms with Crippen LogP contribution in [0.3, 0.4) is 0 Å². The Morgan fingerprint density at radius 1 is 1.27 bits per heavy atom. The van der Waals surface area contributed by atoms with Gasteiger partial charge in [0.25, 0.3) is 0 Å². The molecule has 2 nitrogen and oxygen atoms in total. The topological polar surface area (TPSA) is 30.2 Å². The Bertz CT molecular complexity index is 460. The highest BCUT2D eigenvalue weighted by atomic mass is 19.1. The molecule has 1 heterocycles. The summed E-state index contributed by atoms with van der Waals surface area (Å²) in [6.45, 7) is 0. The van der Waals surface area contributed by atoms with Gasteiger partial charge in [0.05, 0.1) is 6.26 Å². The molecule has 0 unspecified atom stereocenters. The van der Waals surface area contributed by atoms with E-state index in [1.165, 1.54) is 18.4 Å². The summed E-state index contributed by atoms with van der Waals surface area (Å²) in [6.07, 6.45) is 1.60. The van der Waals surface area contributed by atoms with Crippen LogP contribution in [0.2, 0.25) is 0 Å². The molecule has 2 aromatic rings. The molecule has 0 bridgehead atoms. The quantitative estimate of drug-likeness (QED) is 0.719. The SMILES string of the molecule is O=C(Cc1cccc(F)c1)c1ccco1. The van der Waals surface area contributed by atoms with Crippen LogP contribution in [0.4, 0.5) is 4.39 Å². The molecular weight excluding hydrogens is 195 g/mol. The summed E-state index contributed by atoms with van der Waals surface area (Å²) in [5, 5.41) is 0. The van der Waals surface area contributed by atoms with Gasteiger partial charge in [-0.15, -0.1) is 0 Å². The lowest BCUT2D eigenvalue weighted by Gasteiger charge is -1.98. The van der Waals surface area contributed by atoms with Gasteiger partial charge in [-0.2, -0.15) is 0 Å². The average Bonchev–Trinajstić information content (AvgIpc) is 2.70. The number of hydrogen-bond acceptors (Lipinski definition) is 2. The average molecular weight is 204 g/mol. The first-order valence-electron chi connectivity index (χ1n) is 4.57. The fraction of sp³-hybridized carbons (Fsp3) is 0.0833. The van der Waals surface area contributed by atoms with Crippen LogP contribution in [-0.2, 0) is 6.42 Å². The zero-order valence-electron chi connectivity index (χ0n) is 7.94. The monoisotopic (exact) mass is 204 g/mol. The van der Waals surface area contributed by atoms with Crippen LogP contribution in [0.5, 0.6) is 0 Å². The summed E-state index contributed by atoms with van der Waals surface area (Å²) < 4.78 is 17.8. The van der Waals surface area contributed by atoms with Gasteiger partial charge in [-0.1, -0.05) is 12.1 Å². The van der Waals surface area contributed by atoms with E-state index in [-0.39, 0.29) is 18.0 Å². The van der Waals surface area contributed by atoms with Crippen LogP contribution >= 0.6 is 0 Å². The highest BCUT2D eigenvalue weighted by Gasteiger charge is 2.09. The Morgan fingerprint density at radius 3 is 2.80 bits per heavy atom. The van der Waals surface area contributed by atoms with E-state index in [1.807, 2.05) is 0 Å². The van der Waals surface area contributed by atoms with Crippen molar-refractivity contribution in [3.8, 4) is 0 Å². The van der Waals surface area contributed by atoms with Crippen molar-refractivity contribution in [2.75, 3.05) is 0 Å². The fourth-order valence-corrected chi connectivity index (χ4v) is 1.36. The Hall–Kier alpha value is -1.90. The van der Waals surface area contributed by atoms with Crippen molar-refractivity contribution in [1.29, 1.82) is 0 Å². The Kier molecular flexibility index (Phi) is 2.63. The molecule has 0 radical (unpaired) electrons. The number of furan rings is 1. The second-order valence-electron chi connectivity index (χ2n) is 3.21. The molecular formula is C12H9FO2. The van der Waals surface area contributed by atoms with E-state index < -0.39 is 0 Å². The summed E-state index contributed by atoms with van der Waals surface area (Å²) in [7, 11) is 0. The summed E-state index contributed by atoms with van der Waals surface area (Å²) in [5.41, 5.74) is 0.649. The summed E-state index contributed by atoms with van der Waals surface area (Å²) in [4.78, 5) is 11.6. The van der Waals surface area contributed by atoms with Gasteiger partial charge < -0.3 is 4.42 Å². The van der Waals surface area contributed by atoms with Crippen LogP contribution in [-0.4, -0.2) is 5.78 Å². The predicted molar refractivity (Wildman–Crippen MR) is 53.1 cm³/mol. The van der Waals surface area contributed by atoms with Crippen LogP contribution in [0, 0.1) is 5.82 Å². The Balaban J connectivity index is 2.13. The van der Waals surface area contributed by atoms with Gasteiger partial charge in [0.2, 0.25) is 5.78 Å². The van der Waals surface area contributed by atoms with E-state index in [2.05, 4.69) is 0 Å². The van der Waals surface area contributed by atoms with Crippen molar-refractivity contribution in [3.63, 3.8) is 0 Å². The normalized spacial score (nSPS) is 10.2. The van der Waals surface area contributed by atoms with Crippen molar-refractivity contribution in [1.82, 2.24) is 0 Å². The van der Waals surface area contributed by atoms with E-state index in [0.29, 0.717) is 11.3 Å². The first kappa shape index (κ1) is 9.65. The molecule has 0 aliphatic rings. The van der Waals surface area contributed by atoms with E-state index >= 15 is 0 Å². The summed E-state index contributed by atoms with van der Waals surface area (Å²) in [5.74, 6) is -0.176. The molecule has 0 aliphatic carbocycles. The molecule has 0 aliphatic heterocycles. The molecule has 0 fully saturated rings. The maximum absolute atomic E-state index is 12.8. The van der Waals surface area contributed by atoms with Crippen molar-refractivity contribution in [2.45, 2.75) is 6.42 Å². The van der Waals surface area contributed by atoms with Gasteiger partial charge in [-0.25, -0.2) is 4.39 Å². The number of halogens is 1. The minimum Gasteiger partial charge on any atom is -0.461 e. The molecule has 15 heavy (non-hydrogen) atoms. The lowest BCUT2D eigenvalue weighted by molar-refractivity contribution is 0.0966. The highest BCUT2D eigenvalue weighted by molar-refractivity contribution is 5.94. The summed E-state index contributed by atoms with van der Waals surface area (Å²) >= 11 is 0. The van der Waals surface area contributed by atoms with Crippen molar-refractivity contribution >= 4 is 5.78 Å². The molecule has 0 spiro atoms. The fourth-order valence-electron chi connectivity index (χ4n) is 1.36. The zero-order valence-corrected chi connectivity index (χ0v) is 7.94. The van der Waals surface area contributed by atoms with Gasteiger partial charge >= 0.3 is 0 Å².